The lowest BCUT2D eigenvalue weighted by Gasteiger charge is -2.19. The van der Waals surface area contributed by atoms with E-state index in [0.717, 1.165) is 28.0 Å². The number of nitrogens with one attached hydrogen (secondary N) is 1. The number of aryl methyl sites for hydroxylation is 3. The van der Waals surface area contributed by atoms with Gasteiger partial charge in [-0.25, -0.2) is 4.99 Å². The first-order chi connectivity index (χ1) is 17.2. The third-order valence-electron chi connectivity index (χ3n) is 5.52. The van der Waals surface area contributed by atoms with Gasteiger partial charge in [0.2, 0.25) is 5.91 Å². The molecule has 1 aliphatic heterocycles. The van der Waals surface area contributed by atoms with Gasteiger partial charge in [-0.2, -0.15) is 0 Å². The molecule has 0 unspecified atom stereocenters. The molecular formula is C28H26ClN3O3S. The van der Waals surface area contributed by atoms with E-state index in [9.17, 15) is 9.59 Å². The molecule has 0 aromatic heterocycles. The number of amides is 2. The summed E-state index contributed by atoms with van der Waals surface area (Å²) in [6.07, 6.45) is 1.74. The summed E-state index contributed by atoms with van der Waals surface area (Å²) in [4.78, 5) is 32.4. The Morgan fingerprint density at radius 2 is 1.75 bits per heavy atom. The molecular weight excluding hydrogens is 494 g/mol. The molecule has 0 atom stereocenters. The van der Waals surface area contributed by atoms with Crippen molar-refractivity contribution < 1.29 is 14.3 Å². The number of carbonyl (C=O) groups is 2. The molecule has 0 radical (unpaired) electrons. The number of methoxy groups -OCH3 is 1. The van der Waals surface area contributed by atoms with Crippen molar-refractivity contribution in [2.24, 2.45) is 4.99 Å². The number of rotatable bonds is 6. The van der Waals surface area contributed by atoms with Gasteiger partial charge in [-0.3, -0.25) is 14.5 Å². The number of hydrogen-bond acceptors (Lipinski definition) is 5. The van der Waals surface area contributed by atoms with Gasteiger partial charge in [-0.05, 0) is 85.5 Å². The molecule has 0 saturated carbocycles. The summed E-state index contributed by atoms with van der Waals surface area (Å²) in [6, 6.07) is 18.6. The zero-order chi connectivity index (χ0) is 25.8. The van der Waals surface area contributed by atoms with E-state index in [2.05, 4.69) is 10.3 Å². The van der Waals surface area contributed by atoms with Gasteiger partial charge in [0.1, 0.15) is 11.4 Å². The maximum atomic E-state index is 13.5. The van der Waals surface area contributed by atoms with Gasteiger partial charge in [-0.1, -0.05) is 47.6 Å². The van der Waals surface area contributed by atoms with Crippen LogP contribution >= 0.6 is 23.4 Å². The second-order valence-electron chi connectivity index (χ2n) is 8.48. The van der Waals surface area contributed by atoms with E-state index in [-0.39, 0.29) is 17.6 Å². The predicted molar refractivity (Wildman–Crippen MR) is 149 cm³/mol. The first kappa shape index (κ1) is 25.5. The largest absolute Gasteiger partial charge is 0.497 e. The van der Waals surface area contributed by atoms with Crippen LogP contribution in [0.1, 0.15) is 22.3 Å². The molecule has 3 aromatic carbocycles. The molecule has 0 saturated heterocycles. The molecule has 6 nitrogen and oxygen atoms in total. The number of carbonyl (C=O) groups excluding carboxylic acids is 2. The summed E-state index contributed by atoms with van der Waals surface area (Å²) in [6.45, 7) is 5.86. The van der Waals surface area contributed by atoms with Crippen molar-refractivity contribution in [2.75, 3.05) is 23.1 Å². The zero-order valence-electron chi connectivity index (χ0n) is 20.5. The van der Waals surface area contributed by atoms with Crippen molar-refractivity contribution >= 4 is 57.8 Å². The molecule has 184 valence electrons. The van der Waals surface area contributed by atoms with Gasteiger partial charge in [0.25, 0.3) is 5.91 Å². The van der Waals surface area contributed by atoms with E-state index in [1.165, 1.54) is 11.8 Å². The lowest BCUT2D eigenvalue weighted by molar-refractivity contribution is -0.114. The summed E-state index contributed by atoms with van der Waals surface area (Å²) in [7, 11) is 1.60. The van der Waals surface area contributed by atoms with Crippen LogP contribution in [-0.4, -0.2) is 29.8 Å². The molecule has 0 aliphatic carbocycles. The van der Waals surface area contributed by atoms with Crippen molar-refractivity contribution in [1.82, 2.24) is 0 Å². The smallest absolute Gasteiger partial charge is 0.283 e. The molecule has 36 heavy (non-hydrogen) atoms. The molecule has 0 spiro atoms. The third kappa shape index (κ3) is 5.98. The highest BCUT2D eigenvalue weighted by Crippen LogP contribution is 2.31. The summed E-state index contributed by atoms with van der Waals surface area (Å²) >= 11 is 7.29. The van der Waals surface area contributed by atoms with E-state index in [1.54, 1.807) is 30.2 Å². The molecule has 2 amide bonds. The number of halogens is 1. The van der Waals surface area contributed by atoms with E-state index in [1.807, 2.05) is 69.3 Å². The van der Waals surface area contributed by atoms with Crippen LogP contribution in [0.4, 0.5) is 11.4 Å². The molecule has 0 fully saturated rings. The van der Waals surface area contributed by atoms with Crippen LogP contribution in [0.5, 0.6) is 5.75 Å². The van der Waals surface area contributed by atoms with Crippen molar-refractivity contribution in [3.63, 3.8) is 0 Å². The standard InChI is InChI=1S/C28H26ClN3O3S/c1-17-11-18(2)13-22(12-17)32-27(34)25(14-20-6-9-23(35-4)10-7-20)31-28(32)36-16-26(33)30-24-15-21(29)8-5-19(24)3/h5-15H,16H2,1-4H3,(H,30,33)/b25-14-. The second kappa shape index (κ2) is 11.0. The van der Waals surface area contributed by atoms with Gasteiger partial charge in [0.05, 0.1) is 18.6 Å². The maximum Gasteiger partial charge on any atom is 0.283 e. The normalized spacial score (nSPS) is 14.2. The monoisotopic (exact) mass is 519 g/mol. The van der Waals surface area contributed by atoms with Gasteiger partial charge in [0.15, 0.2) is 5.17 Å². The highest BCUT2D eigenvalue weighted by Gasteiger charge is 2.32. The zero-order valence-corrected chi connectivity index (χ0v) is 22.0. The molecule has 3 aromatic rings. The quantitative estimate of drug-likeness (QED) is 0.383. The average molecular weight is 520 g/mol. The molecule has 1 aliphatic rings. The minimum Gasteiger partial charge on any atom is -0.497 e. The van der Waals surface area contributed by atoms with Crippen molar-refractivity contribution in [3.05, 3.63) is 93.6 Å². The summed E-state index contributed by atoms with van der Waals surface area (Å²) in [5, 5.41) is 3.88. The first-order valence-corrected chi connectivity index (χ1v) is 12.7. The topological polar surface area (TPSA) is 71.0 Å². The van der Waals surface area contributed by atoms with E-state index in [4.69, 9.17) is 16.3 Å². The predicted octanol–water partition coefficient (Wildman–Crippen LogP) is 6.39. The van der Waals surface area contributed by atoms with Crippen molar-refractivity contribution in [3.8, 4) is 5.75 Å². The summed E-state index contributed by atoms with van der Waals surface area (Å²) < 4.78 is 5.21. The Balaban J connectivity index is 1.60. The third-order valence-corrected chi connectivity index (χ3v) is 6.69. The van der Waals surface area contributed by atoms with Gasteiger partial charge >= 0.3 is 0 Å². The first-order valence-electron chi connectivity index (χ1n) is 11.3. The lowest BCUT2D eigenvalue weighted by Crippen LogP contribution is -2.31. The van der Waals surface area contributed by atoms with Crippen molar-refractivity contribution in [1.29, 1.82) is 0 Å². The number of benzene rings is 3. The van der Waals surface area contributed by atoms with Crippen LogP contribution in [-0.2, 0) is 9.59 Å². The molecule has 1 N–H and O–H groups in total. The number of nitrogens with zero attached hydrogens (tertiary/aromatic N) is 2. The van der Waals surface area contributed by atoms with Crippen LogP contribution in [0.15, 0.2) is 71.4 Å². The van der Waals surface area contributed by atoms with Crippen LogP contribution in [0, 0.1) is 20.8 Å². The molecule has 1 heterocycles. The Kier molecular flexibility index (Phi) is 7.82. The molecule has 4 rings (SSSR count). The number of anilines is 2. The van der Waals surface area contributed by atoms with E-state index >= 15 is 0 Å². The Morgan fingerprint density at radius 1 is 1.06 bits per heavy atom. The summed E-state index contributed by atoms with van der Waals surface area (Å²) in [5.74, 6) is 0.347. The van der Waals surface area contributed by atoms with Gasteiger partial charge in [0, 0.05) is 10.7 Å². The van der Waals surface area contributed by atoms with Crippen LogP contribution < -0.4 is 15.0 Å². The second-order valence-corrected chi connectivity index (χ2v) is 9.86. The highest BCUT2D eigenvalue weighted by atomic mass is 35.5. The van der Waals surface area contributed by atoms with Crippen molar-refractivity contribution in [2.45, 2.75) is 20.8 Å². The maximum absolute atomic E-state index is 13.5. The number of hydrogen-bond donors (Lipinski definition) is 1. The van der Waals surface area contributed by atoms with E-state index < -0.39 is 0 Å². The van der Waals surface area contributed by atoms with E-state index in [0.29, 0.717) is 27.3 Å². The van der Waals surface area contributed by atoms with Gasteiger partial charge < -0.3 is 10.1 Å². The minimum absolute atomic E-state index is 0.0786. The Hall–Kier alpha value is -3.55. The number of ether oxygens (including phenoxy) is 1. The highest BCUT2D eigenvalue weighted by molar-refractivity contribution is 8.14. The Morgan fingerprint density at radius 3 is 2.42 bits per heavy atom. The number of amidine groups is 1. The fourth-order valence-corrected chi connectivity index (χ4v) is 4.79. The molecule has 0 bridgehead atoms. The molecule has 8 heteroatoms. The Labute approximate surface area is 220 Å². The summed E-state index contributed by atoms with van der Waals surface area (Å²) in [5.41, 5.74) is 5.47. The SMILES string of the molecule is COc1ccc(/C=C2\N=C(SCC(=O)Nc3cc(Cl)ccc3C)N(c3cc(C)cc(C)c3)C2=O)cc1. The fraction of sp³-hybridized carbons (Fsp3) is 0.179. The van der Waals surface area contributed by atoms with Crippen LogP contribution in [0.3, 0.4) is 0 Å². The average Bonchev–Trinajstić information content (AvgIpc) is 3.14. The van der Waals surface area contributed by atoms with Crippen LogP contribution in [0.25, 0.3) is 6.08 Å². The van der Waals surface area contributed by atoms with Crippen LogP contribution in [0.2, 0.25) is 5.02 Å². The Bertz CT molecular complexity index is 1360. The lowest BCUT2D eigenvalue weighted by atomic mass is 10.1. The number of aliphatic imine (C=N–C) groups is 1. The fourth-order valence-electron chi connectivity index (χ4n) is 3.80. The minimum atomic E-state index is -0.246. The van der Waals surface area contributed by atoms with Gasteiger partial charge in [-0.15, -0.1) is 0 Å². The number of thioether (sulfide) groups is 1.